The van der Waals surface area contributed by atoms with Crippen molar-refractivity contribution in [2.24, 2.45) is 23.7 Å². The molecule has 3 saturated carbocycles. The SMILES string of the molecule is CCCC1CCCC(O)(CC2CC3CCC2C3)CC1. The molecule has 110 valence electrons. The van der Waals surface area contributed by atoms with E-state index in [1.165, 1.54) is 57.8 Å². The summed E-state index contributed by atoms with van der Waals surface area (Å²) in [7, 11) is 0. The molecule has 0 aromatic rings. The van der Waals surface area contributed by atoms with Gasteiger partial charge in [-0.3, -0.25) is 0 Å². The van der Waals surface area contributed by atoms with E-state index in [4.69, 9.17) is 0 Å². The Morgan fingerprint density at radius 2 is 1.95 bits per heavy atom. The molecule has 0 heterocycles. The summed E-state index contributed by atoms with van der Waals surface area (Å²) in [6.45, 7) is 2.30. The van der Waals surface area contributed by atoms with Gasteiger partial charge >= 0.3 is 0 Å². The Hall–Kier alpha value is -0.0400. The van der Waals surface area contributed by atoms with Gasteiger partial charge in [-0.05, 0) is 68.6 Å². The standard InChI is InChI=1S/C18H32O/c1-2-4-14-5-3-9-18(19,10-8-14)13-17-12-15-6-7-16(17)11-15/h14-17,19H,2-13H2,1H3. The summed E-state index contributed by atoms with van der Waals surface area (Å²) in [5.41, 5.74) is -0.294. The maximum absolute atomic E-state index is 11.0. The molecule has 0 aromatic carbocycles. The largest absolute Gasteiger partial charge is 0.390 e. The van der Waals surface area contributed by atoms with Gasteiger partial charge in [-0.25, -0.2) is 0 Å². The molecule has 3 aliphatic carbocycles. The van der Waals surface area contributed by atoms with Crippen LogP contribution in [0.3, 0.4) is 0 Å². The third-order valence-electron chi connectivity index (χ3n) is 6.50. The van der Waals surface area contributed by atoms with Gasteiger partial charge < -0.3 is 5.11 Å². The maximum Gasteiger partial charge on any atom is 0.0650 e. The summed E-state index contributed by atoms with van der Waals surface area (Å²) in [6, 6.07) is 0. The van der Waals surface area contributed by atoms with Crippen molar-refractivity contribution >= 4 is 0 Å². The molecule has 3 aliphatic rings. The summed E-state index contributed by atoms with van der Waals surface area (Å²) in [6.07, 6.45) is 15.8. The van der Waals surface area contributed by atoms with Crippen LogP contribution in [0.2, 0.25) is 0 Å². The van der Waals surface area contributed by atoms with Crippen LogP contribution in [0.4, 0.5) is 0 Å². The van der Waals surface area contributed by atoms with Gasteiger partial charge in [0, 0.05) is 0 Å². The highest BCUT2D eigenvalue weighted by atomic mass is 16.3. The smallest absolute Gasteiger partial charge is 0.0650 e. The molecule has 1 N–H and O–H groups in total. The molecule has 3 fully saturated rings. The Morgan fingerprint density at radius 1 is 1.05 bits per heavy atom. The second-order valence-corrected chi connectivity index (χ2v) is 7.95. The first kappa shape index (κ1) is 13.9. The average molecular weight is 264 g/mol. The van der Waals surface area contributed by atoms with Crippen molar-refractivity contribution in [1.29, 1.82) is 0 Å². The Balaban J connectivity index is 1.54. The van der Waals surface area contributed by atoms with Crippen LogP contribution in [0, 0.1) is 23.7 Å². The summed E-state index contributed by atoms with van der Waals surface area (Å²) >= 11 is 0. The lowest BCUT2D eigenvalue weighted by molar-refractivity contribution is -0.00736. The van der Waals surface area contributed by atoms with E-state index < -0.39 is 0 Å². The van der Waals surface area contributed by atoms with E-state index in [0.717, 1.165) is 42.9 Å². The second-order valence-electron chi connectivity index (χ2n) is 7.95. The number of aliphatic hydroxyl groups is 1. The van der Waals surface area contributed by atoms with Crippen LogP contribution < -0.4 is 0 Å². The molecule has 1 nitrogen and oxygen atoms in total. The molecular formula is C18H32O. The quantitative estimate of drug-likeness (QED) is 0.714. The first-order valence-corrected chi connectivity index (χ1v) is 8.91. The van der Waals surface area contributed by atoms with Gasteiger partial charge in [0.1, 0.15) is 0 Å². The van der Waals surface area contributed by atoms with Crippen LogP contribution in [-0.2, 0) is 0 Å². The fourth-order valence-corrected chi connectivity index (χ4v) is 5.48. The summed E-state index contributed by atoms with van der Waals surface area (Å²) in [5, 5.41) is 11.0. The molecule has 0 radical (unpaired) electrons. The van der Waals surface area contributed by atoms with E-state index in [1.54, 1.807) is 0 Å². The highest BCUT2D eigenvalue weighted by molar-refractivity contribution is 4.95. The fraction of sp³-hybridized carbons (Fsp3) is 1.00. The van der Waals surface area contributed by atoms with Crippen molar-refractivity contribution in [3.63, 3.8) is 0 Å². The van der Waals surface area contributed by atoms with Crippen molar-refractivity contribution in [3.05, 3.63) is 0 Å². The molecule has 0 aromatic heterocycles. The zero-order valence-corrected chi connectivity index (χ0v) is 12.7. The number of hydrogen-bond acceptors (Lipinski definition) is 1. The van der Waals surface area contributed by atoms with E-state index >= 15 is 0 Å². The number of rotatable bonds is 4. The Bertz CT molecular complexity index is 300. The minimum Gasteiger partial charge on any atom is -0.390 e. The van der Waals surface area contributed by atoms with Crippen LogP contribution in [0.1, 0.15) is 84.0 Å². The van der Waals surface area contributed by atoms with Crippen molar-refractivity contribution in [3.8, 4) is 0 Å². The van der Waals surface area contributed by atoms with Gasteiger partial charge in [0.15, 0.2) is 0 Å². The third-order valence-corrected chi connectivity index (χ3v) is 6.50. The fourth-order valence-electron chi connectivity index (χ4n) is 5.48. The lowest BCUT2D eigenvalue weighted by Gasteiger charge is -2.33. The van der Waals surface area contributed by atoms with E-state index in [0.29, 0.717) is 0 Å². The summed E-state index contributed by atoms with van der Waals surface area (Å²) < 4.78 is 0. The first-order valence-electron chi connectivity index (χ1n) is 8.91. The van der Waals surface area contributed by atoms with Gasteiger partial charge in [0.05, 0.1) is 5.60 Å². The monoisotopic (exact) mass is 264 g/mol. The van der Waals surface area contributed by atoms with Crippen molar-refractivity contribution in [1.82, 2.24) is 0 Å². The zero-order valence-electron chi connectivity index (χ0n) is 12.7. The molecule has 1 heteroatoms. The minimum atomic E-state index is -0.294. The topological polar surface area (TPSA) is 20.2 Å². The molecule has 19 heavy (non-hydrogen) atoms. The van der Waals surface area contributed by atoms with Crippen LogP contribution in [0.25, 0.3) is 0 Å². The summed E-state index contributed by atoms with van der Waals surface area (Å²) in [4.78, 5) is 0. The molecule has 0 spiro atoms. The lowest BCUT2D eigenvalue weighted by Crippen LogP contribution is -2.32. The maximum atomic E-state index is 11.0. The van der Waals surface area contributed by atoms with Gasteiger partial charge in [0.25, 0.3) is 0 Å². The van der Waals surface area contributed by atoms with E-state index in [2.05, 4.69) is 6.92 Å². The molecular weight excluding hydrogens is 232 g/mol. The summed E-state index contributed by atoms with van der Waals surface area (Å²) in [5.74, 6) is 3.77. The van der Waals surface area contributed by atoms with E-state index in [-0.39, 0.29) is 5.60 Å². The van der Waals surface area contributed by atoms with Crippen LogP contribution >= 0.6 is 0 Å². The average Bonchev–Trinajstić information content (AvgIpc) is 2.93. The predicted molar refractivity (Wildman–Crippen MR) is 80.0 cm³/mol. The highest BCUT2D eigenvalue weighted by Gasteiger charge is 2.43. The number of fused-ring (bicyclic) bond motifs is 2. The Morgan fingerprint density at radius 3 is 2.63 bits per heavy atom. The van der Waals surface area contributed by atoms with Gasteiger partial charge in [-0.1, -0.05) is 39.0 Å². The minimum absolute atomic E-state index is 0.294. The Labute approximate surface area is 119 Å². The Kier molecular flexibility index (Phi) is 4.22. The van der Waals surface area contributed by atoms with Gasteiger partial charge in [-0.15, -0.1) is 0 Å². The molecule has 5 atom stereocenters. The molecule has 0 amide bonds. The van der Waals surface area contributed by atoms with Crippen molar-refractivity contribution in [2.45, 2.75) is 89.6 Å². The lowest BCUT2D eigenvalue weighted by atomic mass is 9.77. The van der Waals surface area contributed by atoms with E-state index in [9.17, 15) is 5.11 Å². The van der Waals surface area contributed by atoms with Crippen LogP contribution in [0.5, 0.6) is 0 Å². The van der Waals surface area contributed by atoms with Crippen molar-refractivity contribution in [2.75, 3.05) is 0 Å². The molecule has 0 aliphatic heterocycles. The highest BCUT2D eigenvalue weighted by Crippen LogP contribution is 2.52. The molecule has 5 unspecified atom stereocenters. The molecule has 3 rings (SSSR count). The third kappa shape index (κ3) is 3.17. The van der Waals surface area contributed by atoms with Gasteiger partial charge in [0.2, 0.25) is 0 Å². The predicted octanol–water partition coefficient (Wildman–Crippen LogP) is 4.92. The second kappa shape index (κ2) is 5.76. The normalized spacial score (nSPS) is 46.4. The van der Waals surface area contributed by atoms with Crippen molar-refractivity contribution < 1.29 is 5.11 Å². The zero-order chi connectivity index (χ0) is 13.3. The number of hydrogen-bond donors (Lipinski definition) is 1. The molecule has 0 saturated heterocycles. The van der Waals surface area contributed by atoms with Gasteiger partial charge in [-0.2, -0.15) is 0 Å². The van der Waals surface area contributed by atoms with E-state index in [1.807, 2.05) is 0 Å². The molecule has 2 bridgehead atoms. The van der Waals surface area contributed by atoms with Crippen LogP contribution in [0.15, 0.2) is 0 Å². The van der Waals surface area contributed by atoms with Crippen LogP contribution in [-0.4, -0.2) is 10.7 Å². The first-order chi connectivity index (χ1) is 9.18.